The van der Waals surface area contributed by atoms with E-state index < -0.39 is 5.97 Å². The fraction of sp³-hybridized carbons (Fsp3) is 0.200. The zero-order valence-electron chi connectivity index (χ0n) is 7.90. The summed E-state index contributed by atoms with van der Waals surface area (Å²) in [7, 11) is 0. The average Bonchev–Trinajstić information content (AvgIpc) is 2.16. The molecule has 0 aliphatic carbocycles. The van der Waals surface area contributed by atoms with E-state index in [1.54, 1.807) is 26.0 Å². The van der Waals surface area contributed by atoms with Crippen LogP contribution in [0.15, 0.2) is 15.3 Å². The van der Waals surface area contributed by atoms with E-state index in [2.05, 4.69) is 0 Å². The van der Waals surface area contributed by atoms with Gasteiger partial charge < -0.3 is 9.52 Å². The molecule has 1 heterocycles. The molecule has 0 aliphatic heterocycles. The Bertz CT molecular complexity index is 522. The van der Waals surface area contributed by atoms with Crippen molar-refractivity contribution in [3.8, 4) is 0 Å². The summed E-state index contributed by atoms with van der Waals surface area (Å²) in [5.41, 5.74) is -0.0540. The van der Waals surface area contributed by atoms with Crippen LogP contribution < -0.4 is 16.1 Å². The van der Waals surface area contributed by atoms with Gasteiger partial charge in [-0.25, -0.2) is 4.79 Å². The minimum absolute atomic E-state index is 0.289. The zero-order valence-corrected chi connectivity index (χ0v) is 7.90. The molecule has 1 aromatic rings. The first-order valence-corrected chi connectivity index (χ1v) is 4.10. The zero-order chi connectivity index (χ0) is 10.7. The van der Waals surface area contributed by atoms with Gasteiger partial charge in [0.15, 0.2) is 5.43 Å². The van der Waals surface area contributed by atoms with Gasteiger partial charge in [-0.1, -0.05) is 6.08 Å². The maximum atomic E-state index is 11.4. The summed E-state index contributed by atoms with van der Waals surface area (Å²) in [5.74, 6) is -1.58. The summed E-state index contributed by atoms with van der Waals surface area (Å²) in [4.78, 5) is 21.9. The van der Waals surface area contributed by atoms with Crippen LogP contribution in [0.1, 0.15) is 24.4 Å². The summed E-state index contributed by atoms with van der Waals surface area (Å²) in [6.07, 6.45) is 3.15. The SMILES string of the molecule is C/C=c1/oc(C(=O)O)cc(=O)/c1=C/C. The number of carbonyl (C=O) groups is 1. The molecule has 74 valence electrons. The Labute approximate surface area is 79.8 Å². The summed E-state index contributed by atoms with van der Waals surface area (Å²) in [5, 5.41) is 9.02. The Morgan fingerprint density at radius 1 is 1.43 bits per heavy atom. The molecule has 1 N–H and O–H groups in total. The van der Waals surface area contributed by atoms with Crippen LogP contribution in [0.25, 0.3) is 12.2 Å². The van der Waals surface area contributed by atoms with Crippen molar-refractivity contribution in [3.05, 3.63) is 32.7 Å². The van der Waals surface area contributed by atoms with Crippen molar-refractivity contribution < 1.29 is 14.3 Å². The van der Waals surface area contributed by atoms with Crippen LogP contribution in [0.3, 0.4) is 0 Å². The highest BCUT2D eigenvalue weighted by Crippen LogP contribution is 1.87. The van der Waals surface area contributed by atoms with Crippen molar-refractivity contribution in [2.24, 2.45) is 0 Å². The molecule has 0 saturated heterocycles. The van der Waals surface area contributed by atoms with Crippen LogP contribution in [0, 0.1) is 0 Å². The van der Waals surface area contributed by atoms with Gasteiger partial charge in [-0.3, -0.25) is 4.79 Å². The van der Waals surface area contributed by atoms with Gasteiger partial charge in [-0.05, 0) is 19.9 Å². The van der Waals surface area contributed by atoms with Gasteiger partial charge in [0.2, 0.25) is 5.76 Å². The molecule has 4 heteroatoms. The molecule has 0 amide bonds. The lowest BCUT2D eigenvalue weighted by atomic mass is 10.3. The number of rotatable bonds is 1. The van der Waals surface area contributed by atoms with Crippen LogP contribution in [0.5, 0.6) is 0 Å². The van der Waals surface area contributed by atoms with E-state index in [1.165, 1.54) is 0 Å². The lowest BCUT2D eigenvalue weighted by Gasteiger charge is -1.93. The molecule has 0 aliphatic rings. The van der Waals surface area contributed by atoms with Gasteiger partial charge in [0, 0.05) is 6.07 Å². The topological polar surface area (TPSA) is 67.5 Å². The molecule has 4 nitrogen and oxygen atoms in total. The molecule has 1 aromatic heterocycles. The summed E-state index contributed by atoms with van der Waals surface area (Å²) in [6, 6.07) is 0.977. The maximum Gasteiger partial charge on any atom is 0.371 e. The molecule has 0 bridgehead atoms. The van der Waals surface area contributed by atoms with Gasteiger partial charge in [-0.2, -0.15) is 0 Å². The summed E-state index contributed by atoms with van der Waals surface area (Å²) in [6.45, 7) is 3.37. The van der Waals surface area contributed by atoms with Gasteiger partial charge in [0.1, 0.15) is 5.42 Å². The maximum absolute atomic E-state index is 11.4. The Hall–Kier alpha value is -1.84. The average molecular weight is 194 g/mol. The van der Waals surface area contributed by atoms with Crippen LogP contribution in [-0.2, 0) is 0 Å². The highest BCUT2D eigenvalue weighted by atomic mass is 16.4. The Kier molecular flexibility index (Phi) is 2.86. The number of hydrogen-bond donors (Lipinski definition) is 1. The lowest BCUT2D eigenvalue weighted by Crippen LogP contribution is -2.38. The van der Waals surface area contributed by atoms with E-state index in [0.29, 0.717) is 5.22 Å². The second kappa shape index (κ2) is 3.91. The second-order valence-corrected chi connectivity index (χ2v) is 2.64. The van der Waals surface area contributed by atoms with E-state index in [-0.39, 0.29) is 16.6 Å². The van der Waals surface area contributed by atoms with Crippen molar-refractivity contribution in [3.63, 3.8) is 0 Å². The van der Waals surface area contributed by atoms with E-state index >= 15 is 0 Å². The Morgan fingerprint density at radius 3 is 2.50 bits per heavy atom. The van der Waals surface area contributed by atoms with Crippen molar-refractivity contribution in [2.45, 2.75) is 13.8 Å². The van der Waals surface area contributed by atoms with Crippen molar-refractivity contribution in [1.29, 1.82) is 0 Å². The number of aromatic carboxylic acids is 1. The molecular formula is C10H10O4. The standard InChI is InChI=1S/C10H10O4/c1-3-6-7(11)5-9(10(12)13)14-8(6)4-2/h3-5H,1-2H3,(H,12,13)/b6-3-,8-4+. The highest BCUT2D eigenvalue weighted by molar-refractivity contribution is 5.83. The quantitative estimate of drug-likeness (QED) is 0.680. The Balaban J connectivity index is 3.75. The lowest BCUT2D eigenvalue weighted by molar-refractivity contribution is 0.0656. The van der Waals surface area contributed by atoms with Crippen LogP contribution >= 0.6 is 0 Å². The van der Waals surface area contributed by atoms with Gasteiger partial charge in [-0.15, -0.1) is 0 Å². The van der Waals surface area contributed by atoms with Gasteiger partial charge in [0.05, 0.1) is 5.22 Å². The summed E-state index contributed by atoms with van der Waals surface area (Å²) >= 11 is 0. The molecule has 0 saturated carbocycles. The Morgan fingerprint density at radius 2 is 2.07 bits per heavy atom. The molecule has 1 rings (SSSR count). The third-order valence-electron chi connectivity index (χ3n) is 1.77. The monoisotopic (exact) mass is 194 g/mol. The van der Waals surface area contributed by atoms with E-state index in [0.717, 1.165) is 6.07 Å². The smallest absolute Gasteiger partial charge is 0.371 e. The fourth-order valence-corrected chi connectivity index (χ4v) is 1.13. The first-order chi connectivity index (χ1) is 6.60. The fourth-order valence-electron chi connectivity index (χ4n) is 1.13. The third kappa shape index (κ3) is 1.74. The van der Waals surface area contributed by atoms with Gasteiger partial charge >= 0.3 is 5.97 Å². The first-order valence-electron chi connectivity index (χ1n) is 4.10. The molecule has 0 spiro atoms. The predicted octanol–water partition coefficient (Wildman–Crippen LogP) is -0.0612. The largest absolute Gasteiger partial charge is 0.475 e. The molecule has 0 unspecified atom stereocenters. The van der Waals surface area contributed by atoms with E-state index in [9.17, 15) is 9.59 Å². The van der Waals surface area contributed by atoms with E-state index in [1.807, 2.05) is 0 Å². The molecule has 14 heavy (non-hydrogen) atoms. The highest BCUT2D eigenvalue weighted by Gasteiger charge is 2.07. The van der Waals surface area contributed by atoms with Crippen molar-refractivity contribution in [1.82, 2.24) is 0 Å². The molecule has 0 radical (unpaired) electrons. The van der Waals surface area contributed by atoms with E-state index in [4.69, 9.17) is 9.52 Å². The molecule has 0 aromatic carbocycles. The first kappa shape index (κ1) is 10.2. The van der Waals surface area contributed by atoms with Crippen LogP contribution in [0.4, 0.5) is 0 Å². The van der Waals surface area contributed by atoms with Crippen LogP contribution in [-0.4, -0.2) is 11.1 Å². The predicted molar refractivity (Wildman–Crippen MR) is 51.5 cm³/mol. The number of hydrogen-bond acceptors (Lipinski definition) is 3. The molecule has 0 atom stereocenters. The minimum atomic E-state index is -1.24. The van der Waals surface area contributed by atoms with Gasteiger partial charge in [0.25, 0.3) is 0 Å². The number of carboxylic acid groups (broad SMARTS) is 1. The van der Waals surface area contributed by atoms with Crippen LogP contribution in [0.2, 0.25) is 0 Å². The van der Waals surface area contributed by atoms with Crippen molar-refractivity contribution >= 4 is 18.1 Å². The summed E-state index contributed by atoms with van der Waals surface area (Å²) < 4.78 is 5.00. The van der Waals surface area contributed by atoms with Crippen molar-refractivity contribution in [2.75, 3.05) is 0 Å². The minimum Gasteiger partial charge on any atom is -0.475 e. The number of carboxylic acids is 1. The third-order valence-corrected chi connectivity index (χ3v) is 1.77. The normalized spacial score (nSPS) is 13.3. The molecule has 0 fully saturated rings. The molecular weight excluding hydrogens is 184 g/mol. The second-order valence-electron chi connectivity index (χ2n) is 2.64.